The zero-order valence-electron chi connectivity index (χ0n) is 3.26. The Labute approximate surface area is 44.9 Å². The highest BCUT2D eigenvalue weighted by atomic mass is 33.1. The first-order valence-corrected chi connectivity index (χ1v) is 4.24. The molecule has 1 N–H and O–H groups in total. The molecular weight excluding hydrogens is 116 g/mol. The maximum absolute atomic E-state index is 8.67. The Hall–Kier alpha value is 0.660. The van der Waals surface area contributed by atoms with Crippen LogP contribution < -0.4 is 0 Å². The van der Waals surface area contributed by atoms with Gasteiger partial charge in [-0.25, -0.2) is 0 Å². The maximum Gasteiger partial charge on any atom is 0.110 e. The van der Waals surface area contributed by atoms with Crippen LogP contribution in [0, 0.1) is 0 Å². The van der Waals surface area contributed by atoms with E-state index in [0.29, 0.717) is 0 Å². The van der Waals surface area contributed by atoms with Gasteiger partial charge in [-0.2, -0.15) is 0 Å². The van der Waals surface area contributed by atoms with Crippen LogP contribution in [0.2, 0.25) is 0 Å². The summed E-state index contributed by atoms with van der Waals surface area (Å²) < 4.78 is 0. The van der Waals surface area contributed by atoms with E-state index >= 15 is 0 Å². The highest BCUT2D eigenvalue weighted by molar-refractivity contribution is 8.77. The third-order valence-corrected chi connectivity index (χ3v) is 3.20. The number of aliphatic hydroxyl groups is 1. The van der Waals surface area contributed by atoms with Gasteiger partial charge in [-0.1, -0.05) is 21.6 Å². The largest absolute Gasteiger partial charge is 0.382 e. The molecule has 0 bridgehead atoms. The number of aliphatic hydroxyl groups excluding tert-OH is 1. The van der Waals surface area contributed by atoms with Gasteiger partial charge < -0.3 is 5.11 Å². The minimum atomic E-state index is -0.0741. The molecule has 0 aromatic rings. The Balaban J connectivity index is 2.18. The van der Waals surface area contributed by atoms with Gasteiger partial charge in [-0.05, 0) is 6.42 Å². The smallest absolute Gasteiger partial charge is 0.110 e. The van der Waals surface area contributed by atoms with Crippen LogP contribution in [0.25, 0.3) is 0 Å². The molecule has 0 aromatic carbocycles. The molecule has 0 radical (unpaired) electrons. The van der Waals surface area contributed by atoms with Crippen LogP contribution in [0.3, 0.4) is 0 Å². The molecule has 0 spiro atoms. The van der Waals surface area contributed by atoms with E-state index in [-0.39, 0.29) is 5.44 Å². The summed E-state index contributed by atoms with van der Waals surface area (Å²) in [5.41, 5.74) is -0.0741. The van der Waals surface area contributed by atoms with Gasteiger partial charge in [0.05, 0.1) is 0 Å². The molecule has 1 rings (SSSR count). The number of hydrogen-bond donors (Lipinski definition) is 1. The van der Waals surface area contributed by atoms with Gasteiger partial charge in [-0.3, -0.25) is 0 Å². The van der Waals surface area contributed by atoms with Crippen molar-refractivity contribution < 1.29 is 5.11 Å². The Bertz CT molecular complexity index is 42.1. The lowest BCUT2D eigenvalue weighted by Gasteiger charge is -1.89. The second-order valence-electron chi connectivity index (χ2n) is 1.16. The summed E-state index contributed by atoms with van der Waals surface area (Å²) in [4.78, 5) is 0. The van der Waals surface area contributed by atoms with Gasteiger partial charge in [0.1, 0.15) is 5.44 Å². The Morgan fingerprint density at radius 3 is 2.67 bits per heavy atom. The van der Waals surface area contributed by atoms with Gasteiger partial charge in [0.2, 0.25) is 0 Å². The van der Waals surface area contributed by atoms with Crippen LogP contribution in [0.4, 0.5) is 0 Å². The first-order chi connectivity index (χ1) is 2.89. The molecule has 0 amide bonds. The monoisotopic (exact) mass is 122 g/mol. The fourth-order valence-corrected chi connectivity index (χ4v) is 2.60. The Morgan fingerprint density at radius 2 is 2.50 bits per heavy atom. The van der Waals surface area contributed by atoms with Crippen molar-refractivity contribution >= 4 is 21.6 Å². The van der Waals surface area contributed by atoms with E-state index in [4.69, 9.17) is 5.11 Å². The zero-order valence-corrected chi connectivity index (χ0v) is 4.89. The van der Waals surface area contributed by atoms with Crippen molar-refractivity contribution in [1.82, 2.24) is 0 Å². The summed E-state index contributed by atoms with van der Waals surface area (Å²) >= 11 is 0. The molecule has 1 heterocycles. The van der Waals surface area contributed by atoms with E-state index in [0.717, 1.165) is 12.2 Å². The second-order valence-corrected chi connectivity index (χ2v) is 3.83. The third kappa shape index (κ3) is 1.06. The first-order valence-electron chi connectivity index (χ1n) is 1.86. The minimum absolute atomic E-state index is 0.0741. The average molecular weight is 122 g/mol. The zero-order chi connectivity index (χ0) is 4.41. The van der Waals surface area contributed by atoms with Gasteiger partial charge in [-0.15, -0.1) is 0 Å². The van der Waals surface area contributed by atoms with E-state index in [9.17, 15) is 0 Å². The summed E-state index contributed by atoms with van der Waals surface area (Å²) in [6.07, 6.45) is 0.968. The van der Waals surface area contributed by atoms with Crippen LogP contribution in [-0.2, 0) is 0 Å². The molecule has 1 nitrogen and oxygen atoms in total. The number of hydrogen-bond acceptors (Lipinski definition) is 3. The van der Waals surface area contributed by atoms with E-state index in [1.165, 1.54) is 0 Å². The fourth-order valence-electron chi connectivity index (χ4n) is 0.324. The average Bonchev–Trinajstić information content (AvgIpc) is 1.86. The van der Waals surface area contributed by atoms with Crippen molar-refractivity contribution in [2.24, 2.45) is 0 Å². The van der Waals surface area contributed by atoms with Gasteiger partial charge in [0.25, 0.3) is 0 Å². The van der Waals surface area contributed by atoms with E-state index in [1.807, 2.05) is 0 Å². The highest BCUT2D eigenvalue weighted by Gasteiger charge is 2.10. The molecule has 1 atom stereocenters. The lowest BCUT2D eigenvalue weighted by molar-refractivity contribution is 0.264. The third-order valence-electron chi connectivity index (χ3n) is 0.627. The summed E-state index contributed by atoms with van der Waals surface area (Å²) in [5.74, 6) is 1.12. The second kappa shape index (κ2) is 2.09. The predicted molar refractivity (Wildman–Crippen MR) is 30.7 cm³/mol. The fraction of sp³-hybridized carbons (Fsp3) is 1.00. The quantitative estimate of drug-likeness (QED) is 0.486. The maximum atomic E-state index is 8.67. The predicted octanol–water partition coefficient (Wildman–Crippen LogP) is 1.09. The molecule has 1 aliphatic rings. The lowest BCUT2D eigenvalue weighted by Crippen LogP contribution is -1.90. The molecule has 1 fully saturated rings. The first kappa shape index (κ1) is 4.81. The van der Waals surface area contributed by atoms with Crippen LogP contribution in [0.5, 0.6) is 0 Å². The van der Waals surface area contributed by atoms with Crippen LogP contribution in [0.15, 0.2) is 0 Å². The Kier molecular flexibility index (Phi) is 1.68. The van der Waals surface area contributed by atoms with Crippen molar-refractivity contribution in [2.45, 2.75) is 11.9 Å². The molecule has 0 saturated carbocycles. The number of rotatable bonds is 0. The summed E-state index contributed by atoms with van der Waals surface area (Å²) in [7, 11) is 3.32. The molecule has 36 valence electrons. The van der Waals surface area contributed by atoms with Crippen LogP contribution in [-0.4, -0.2) is 16.3 Å². The molecule has 1 saturated heterocycles. The summed E-state index contributed by atoms with van der Waals surface area (Å²) in [6, 6.07) is 0. The van der Waals surface area contributed by atoms with Crippen LogP contribution in [0.1, 0.15) is 6.42 Å². The van der Waals surface area contributed by atoms with Crippen molar-refractivity contribution in [1.29, 1.82) is 0 Å². The summed E-state index contributed by atoms with van der Waals surface area (Å²) in [5, 5.41) is 8.67. The molecule has 0 aromatic heterocycles. The van der Waals surface area contributed by atoms with Gasteiger partial charge >= 0.3 is 0 Å². The molecule has 1 unspecified atom stereocenters. The van der Waals surface area contributed by atoms with Gasteiger partial charge in [0.15, 0.2) is 0 Å². The van der Waals surface area contributed by atoms with Crippen molar-refractivity contribution in [3.63, 3.8) is 0 Å². The van der Waals surface area contributed by atoms with E-state index in [1.54, 1.807) is 21.6 Å². The van der Waals surface area contributed by atoms with Gasteiger partial charge in [0, 0.05) is 5.75 Å². The highest BCUT2D eigenvalue weighted by Crippen LogP contribution is 2.35. The van der Waals surface area contributed by atoms with Crippen molar-refractivity contribution in [3.05, 3.63) is 0 Å². The summed E-state index contributed by atoms with van der Waals surface area (Å²) in [6.45, 7) is 0. The van der Waals surface area contributed by atoms with E-state index < -0.39 is 0 Å². The lowest BCUT2D eigenvalue weighted by atomic mass is 10.5. The topological polar surface area (TPSA) is 20.2 Å². The van der Waals surface area contributed by atoms with Crippen LogP contribution >= 0.6 is 21.6 Å². The Morgan fingerprint density at radius 1 is 1.67 bits per heavy atom. The molecule has 6 heavy (non-hydrogen) atoms. The molecule has 1 aliphatic heterocycles. The SMILES string of the molecule is OC1CCSS1. The van der Waals surface area contributed by atoms with Crippen molar-refractivity contribution in [2.75, 3.05) is 5.75 Å². The van der Waals surface area contributed by atoms with E-state index in [2.05, 4.69) is 0 Å². The standard InChI is InChI=1S/C3H6OS2/c4-3-1-2-5-6-3/h3-4H,1-2H2. The molecule has 0 aliphatic carbocycles. The minimum Gasteiger partial charge on any atom is -0.382 e. The van der Waals surface area contributed by atoms with Crippen molar-refractivity contribution in [3.8, 4) is 0 Å². The molecular formula is C3H6OS2. The normalized spacial score (nSPS) is 34.5. The molecule has 3 heteroatoms.